The highest BCUT2D eigenvalue weighted by atomic mass is 14.2. The molecule has 2 aromatic carbocycles. The Hall–Kier alpha value is -2.08. The van der Waals surface area contributed by atoms with Gasteiger partial charge < -0.3 is 0 Å². The van der Waals surface area contributed by atoms with E-state index in [1.165, 1.54) is 40.7 Å². The van der Waals surface area contributed by atoms with E-state index in [2.05, 4.69) is 74.5 Å². The maximum atomic E-state index is 2.33. The van der Waals surface area contributed by atoms with E-state index in [4.69, 9.17) is 0 Å². The molecule has 0 unspecified atom stereocenters. The molecule has 0 spiro atoms. The molecule has 0 aromatic heterocycles. The molecule has 0 heteroatoms. The minimum absolute atomic E-state index is 1.01. The van der Waals surface area contributed by atoms with Gasteiger partial charge in [-0.25, -0.2) is 0 Å². The first-order chi connectivity index (χ1) is 10.8. The van der Waals surface area contributed by atoms with Crippen LogP contribution in [0.1, 0.15) is 48.4 Å². The summed E-state index contributed by atoms with van der Waals surface area (Å²) in [6, 6.07) is 17.6. The van der Waals surface area contributed by atoms with Crippen LogP contribution in [0.4, 0.5) is 0 Å². The molecule has 0 bridgehead atoms. The van der Waals surface area contributed by atoms with Crippen LogP contribution in [0.2, 0.25) is 0 Å². The quantitative estimate of drug-likeness (QED) is 0.637. The van der Waals surface area contributed by atoms with Crippen LogP contribution in [0.3, 0.4) is 0 Å². The van der Waals surface area contributed by atoms with E-state index in [1.54, 1.807) is 5.57 Å². The van der Waals surface area contributed by atoms with Gasteiger partial charge in [0.2, 0.25) is 0 Å². The van der Waals surface area contributed by atoms with Crippen molar-refractivity contribution in [2.75, 3.05) is 0 Å². The Morgan fingerprint density at radius 3 is 2.41 bits per heavy atom. The molecule has 1 aliphatic carbocycles. The number of hydrogen-bond acceptors (Lipinski definition) is 0. The van der Waals surface area contributed by atoms with Gasteiger partial charge in [-0.3, -0.25) is 0 Å². The summed E-state index contributed by atoms with van der Waals surface area (Å²) in [6.45, 7) is 4.48. The van der Waals surface area contributed by atoms with E-state index >= 15 is 0 Å². The average molecular weight is 288 g/mol. The monoisotopic (exact) mass is 288 g/mol. The van der Waals surface area contributed by atoms with Crippen molar-refractivity contribution in [2.24, 2.45) is 0 Å². The number of rotatable bonds is 4. The Bertz CT molecular complexity index is 716. The van der Waals surface area contributed by atoms with E-state index in [0.717, 1.165) is 12.8 Å². The number of hydrogen-bond donors (Lipinski definition) is 0. The van der Waals surface area contributed by atoms with Gasteiger partial charge in [0, 0.05) is 0 Å². The summed E-state index contributed by atoms with van der Waals surface area (Å²) in [7, 11) is 0. The van der Waals surface area contributed by atoms with Crippen molar-refractivity contribution < 1.29 is 0 Å². The largest absolute Gasteiger partial charge is 0.0836 e. The second-order valence-corrected chi connectivity index (χ2v) is 6.07. The molecule has 112 valence electrons. The Morgan fingerprint density at radius 1 is 0.909 bits per heavy atom. The topological polar surface area (TPSA) is 0 Å². The molecule has 0 aliphatic heterocycles. The van der Waals surface area contributed by atoms with Crippen LogP contribution in [0.5, 0.6) is 0 Å². The van der Waals surface area contributed by atoms with Crippen LogP contribution in [0, 0.1) is 6.92 Å². The third-order valence-corrected chi connectivity index (χ3v) is 4.65. The molecule has 0 amide bonds. The van der Waals surface area contributed by atoms with E-state index in [0.29, 0.717) is 0 Å². The Balaban J connectivity index is 2.02. The molecule has 0 fully saturated rings. The molecular formula is C22H24. The number of benzene rings is 2. The molecule has 1 aliphatic rings. The van der Waals surface area contributed by atoms with Gasteiger partial charge in [-0.1, -0.05) is 73.2 Å². The zero-order chi connectivity index (χ0) is 15.4. The number of aryl methyl sites for hydroxylation is 1. The van der Waals surface area contributed by atoms with Gasteiger partial charge in [-0.2, -0.15) is 0 Å². The predicted molar refractivity (Wildman–Crippen MR) is 96.0 cm³/mol. The molecule has 0 nitrogen and oxygen atoms in total. The first kappa shape index (κ1) is 14.8. The molecule has 0 saturated carbocycles. The van der Waals surface area contributed by atoms with Crippen LogP contribution in [0.15, 0.2) is 66.3 Å². The fourth-order valence-corrected chi connectivity index (χ4v) is 3.31. The first-order valence-electron chi connectivity index (χ1n) is 8.31. The number of allylic oxidation sites excluding steroid dienone is 4. The molecule has 2 aromatic rings. The van der Waals surface area contributed by atoms with Crippen molar-refractivity contribution in [1.82, 2.24) is 0 Å². The first-order valence-corrected chi connectivity index (χ1v) is 8.31. The van der Waals surface area contributed by atoms with E-state index in [9.17, 15) is 0 Å². The third-order valence-electron chi connectivity index (χ3n) is 4.65. The SMILES string of the molecule is CCC1=C(c2ccccc2Cc2ccccc2C)C=CCC1. The van der Waals surface area contributed by atoms with Gasteiger partial charge in [0.05, 0.1) is 0 Å². The lowest BCUT2D eigenvalue weighted by Crippen LogP contribution is -2.00. The summed E-state index contributed by atoms with van der Waals surface area (Å²) in [5, 5.41) is 0. The lowest BCUT2D eigenvalue weighted by molar-refractivity contribution is 0.900. The zero-order valence-electron chi connectivity index (χ0n) is 13.6. The summed E-state index contributed by atoms with van der Waals surface area (Å²) in [5.74, 6) is 0. The minimum atomic E-state index is 1.01. The van der Waals surface area contributed by atoms with Crippen molar-refractivity contribution in [3.05, 3.63) is 88.5 Å². The maximum absolute atomic E-state index is 2.33. The van der Waals surface area contributed by atoms with Crippen LogP contribution >= 0.6 is 0 Å². The Labute approximate surface area is 134 Å². The van der Waals surface area contributed by atoms with Crippen molar-refractivity contribution in [3.63, 3.8) is 0 Å². The van der Waals surface area contributed by atoms with Gasteiger partial charge in [-0.15, -0.1) is 0 Å². The minimum Gasteiger partial charge on any atom is -0.0836 e. The second kappa shape index (κ2) is 6.79. The van der Waals surface area contributed by atoms with Crippen LogP contribution in [0.25, 0.3) is 5.57 Å². The van der Waals surface area contributed by atoms with Gasteiger partial charge in [0.1, 0.15) is 0 Å². The standard InChI is InChI=1S/C22H24/c1-3-18-11-6-8-14-21(18)22-15-9-7-13-20(22)16-19-12-5-4-10-17(19)2/h4-5,7-10,12-15H,3,6,11,16H2,1-2H3. The maximum Gasteiger partial charge on any atom is -0.00170 e. The fourth-order valence-electron chi connectivity index (χ4n) is 3.31. The molecule has 0 heterocycles. The van der Waals surface area contributed by atoms with E-state index < -0.39 is 0 Å². The molecule has 0 radical (unpaired) electrons. The normalized spacial score (nSPS) is 14.5. The van der Waals surface area contributed by atoms with E-state index in [-0.39, 0.29) is 0 Å². The fraction of sp³-hybridized carbons (Fsp3) is 0.273. The Morgan fingerprint density at radius 2 is 1.64 bits per heavy atom. The molecule has 22 heavy (non-hydrogen) atoms. The molecule has 0 N–H and O–H groups in total. The van der Waals surface area contributed by atoms with Crippen LogP contribution in [-0.4, -0.2) is 0 Å². The molecule has 0 saturated heterocycles. The van der Waals surface area contributed by atoms with Crippen LogP contribution < -0.4 is 0 Å². The molecular weight excluding hydrogens is 264 g/mol. The molecule has 0 atom stereocenters. The van der Waals surface area contributed by atoms with E-state index in [1.807, 2.05) is 0 Å². The summed E-state index contributed by atoms with van der Waals surface area (Å²) >= 11 is 0. The van der Waals surface area contributed by atoms with Crippen molar-refractivity contribution in [3.8, 4) is 0 Å². The van der Waals surface area contributed by atoms with Crippen molar-refractivity contribution >= 4 is 5.57 Å². The second-order valence-electron chi connectivity index (χ2n) is 6.07. The molecule has 3 rings (SSSR count). The van der Waals surface area contributed by atoms with Gasteiger partial charge in [0.25, 0.3) is 0 Å². The summed E-state index contributed by atoms with van der Waals surface area (Å²) in [4.78, 5) is 0. The highest BCUT2D eigenvalue weighted by molar-refractivity contribution is 5.79. The third kappa shape index (κ3) is 3.06. The average Bonchev–Trinajstić information content (AvgIpc) is 2.57. The zero-order valence-corrected chi connectivity index (χ0v) is 13.6. The summed E-state index contributed by atoms with van der Waals surface area (Å²) in [6.07, 6.45) is 9.21. The van der Waals surface area contributed by atoms with Gasteiger partial charge in [-0.05, 0) is 60.4 Å². The highest BCUT2D eigenvalue weighted by Crippen LogP contribution is 2.32. The highest BCUT2D eigenvalue weighted by Gasteiger charge is 2.13. The Kier molecular flexibility index (Phi) is 4.58. The van der Waals surface area contributed by atoms with Gasteiger partial charge >= 0.3 is 0 Å². The predicted octanol–water partition coefficient (Wildman–Crippen LogP) is 6.10. The van der Waals surface area contributed by atoms with Crippen molar-refractivity contribution in [2.45, 2.75) is 39.5 Å². The van der Waals surface area contributed by atoms with Gasteiger partial charge in [0.15, 0.2) is 0 Å². The smallest absolute Gasteiger partial charge is 0.00170 e. The lowest BCUT2D eigenvalue weighted by atomic mass is 9.86. The van der Waals surface area contributed by atoms with Crippen molar-refractivity contribution in [1.29, 1.82) is 0 Å². The summed E-state index contributed by atoms with van der Waals surface area (Å²) in [5.41, 5.74) is 8.70. The van der Waals surface area contributed by atoms with Crippen LogP contribution in [-0.2, 0) is 6.42 Å². The lowest BCUT2D eigenvalue weighted by Gasteiger charge is -2.18. The summed E-state index contributed by atoms with van der Waals surface area (Å²) < 4.78 is 0.